The van der Waals surface area contributed by atoms with Crippen molar-refractivity contribution in [2.45, 2.75) is 91.9 Å². The molecule has 6 heteroatoms. The third-order valence-corrected chi connectivity index (χ3v) is 6.24. The van der Waals surface area contributed by atoms with Gasteiger partial charge in [-0.15, -0.1) is 0 Å². The Morgan fingerprint density at radius 1 is 0.839 bits per heavy atom. The first-order valence-corrected chi connectivity index (χ1v) is 13.6. The van der Waals surface area contributed by atoms with E-state index in [9.17, 15) is 9.46 Å². The molecule has 0 aromatic heterocycles. The Bertz CT molecular complexity index is 599. The van der Waals surface area contributed by atoms with Gasteiger partial charge in [-0.05, 0) is 43.4 Å². The van der Waals surface area contributed by atoms with E-state index in [2.05, 4.69) is 45.9 Å². The van der Waals surface area contributed by atoms with Crippen LogP contribution in [-0.2, 0) is 20.0 Å². The molecule has 0 saturated heterocycles. The van der Waals surface area contributed by atoms with E-state index in [0.717, 1.165) is 11.3 Å². The fourth-order valence-corrected chi connectivity index (χ4v) is 3.76. The second kappa shape index (κ2) is 18.8. The maximum absolute atomic E-state index is 11.5. The lowest BCUT2D eigenvalue weighted by atomic mass is 10.0. The highest BCUT2D eigenvalue weighted by Crippen LogP contribution is 2.37. The van der Waals surface area contributed by atoms with Crippen LogP contribution >= 0.6 is 7.82 Å². The molecule has 0 aliphatic carbocycles. The van der Waals surface area contributed by atoms with Gasteiger partial charge >= 0.3 is 0 Å². The first-order chi connectivity index (χ1) is 14.7. The molecule has 1 N–H and O–H groups in total. The number of phosphoric ester groups is 1. The van der Waals surface area contributed by atoms with Crippen LogP contribution in [0.5, 0.6) is 0 Å². The van der Waals surface area contributed by atoms with Gasteiger partial charge in [0.2, 0.25) is 0 Å². The Labute approximate surface area is 192 Å². The molecule has 0 amide bonds. The molecule has 1 aromatic rings. The van der Waals surface area contributed by atoms with Gasteiger partial charge in [0.25, 0.3) is 7.82 Å². The number of phosphoric acid groups is 1. The van der Waals surface area contributed by atoms with Crippen LogP contribution in [0.4, 0.5) is 0 Å². The van der Waals surface area contributed by atoms with E-state index in [1.54, 1.807) is 0 Å². The first-order valence-electron chi connectivity index (χ1n) is 12.2. The molecule has 1 rings (SSSR count). The van der Waals surface area contributed by atoms with Crippen LogP contribution in [0.2, 0.25) is 0 Å². The summed E-state index contributed by atoms with van der Waals surface area (Å²) in [7, 11) is -0.283. The van der Waals surface area contributed by atoms with Crippen molar-refractivity contribution in [3.63, 3.8) is 0 Å². The third kappa shape index (κ3) is 18.6. The Hall–Kier alpha value is -0.710. The van der Waals surface area contributed by atoms with Crippen molar-refractivity contribution in [2.75, 3.05) is 33.9 Å². The van der Waals surface area contributed by atoms with E-state index in [1.165, 1.54) is 68.1 Å². The summed E-state index contributed by atoms with van der Waals surface area (Å²) >= 11 is 0. The Morgan fingerprint density at radius 2 is 1.39 bits per heavy atom. The normalized spacial score (nSPS) is 13.0. The van der Waals surface area contributed by atoms with Gasteiger partial charge in [0, 0.05) is 0 Å². The third-order valence-electron chi connectivity index (χ3n) is 5.24. The summed E-state index contributed by atoms with van der Waals surface area (Å²) in [5.41, 5.74) is 3.70. The summed E-state index contributed by atoms with van der Waals surface area (Å²) in [5.74, 6) is 0. The molecule has 0 bridgehead atoms. The molecule has 0 heterocycles. The van der Waals surface area contributed by atoms with Crippen LogP contribution in [0.3, 0.4) is 0 Å². The van der Waals surface area contributed by atoms with Crippen molar-refractivity contribution < 1.29 is 23.4 Å². The lowest BCUT2D eigenvalue weighted by Crippen LogP contribution is -3.06. The van der Waals surface area contributed by atoms with Gasteiger partial charge in [0.1, 0.15) is 13.2 Å². The summed E-state index contributed by atoms with van der Waals surface area (Å²) in [4.78, 5) is 12.6. The Balaban J connectivity index is 0.000000759. The molecule has 0 fully saturated rings. The Morgan fingerprint density at radius 3 is 1.90 bits per heavy atom. The van der Waals surface area contributed by atoms with Crippen LogP contribution in [-0.4, -0.2) is 33.9 Å². The molecule has 0 saturated carbocycles. The van der Waals surface area contributed by atoms with Gasteiger partial charge in [-0.2, -0.15) is 0 Å². The van der Waals surface area contributed by atoms with Crippen molar-refractivity contribution in [3.05, 3.63) is 34.9 Å². The largest absolute Gasteiger partial charge is 0.756 e. The predicted molar refractivity (Wildman–Crippen MR) is 130 cm³/mol. The SMILES string of the molecule is CCCCCCCCCC.Cc1ccc(CCCOP(=O)([O-])OCC[NH+](C)C)cc1C. The number of likely N-dealkylation sites (N-methyl/N-ethyl adjacent to an activating group) is 1. The highest BCUT2D eigenvalue weighted by molar-refractivity contribution is 7.45. The second-order valence-corrected chi connectivity index (χ2v) is 10.1. The average molecular weight is 458 g/mol. The van der Waals surface area contributed by atoms with Crippen LogP contribution in [0.1, 0.15) is 88.3 Å². The van der Waals surface area contributed by atoms with Crippen LogP contribution in [0.25, 0.3) is 0 Å². The van der Waals surface area contributed by atoms with E-state index in [0.29, 0.717) is 13.0 Å². The van der Waals surface area contributed by atoms with Crippen LogP contribution in [0, 0.1) is 13.8 Å². The van der Waals surface area contributed by atoms with E-state index < -0.39 is 7.82 Å². The van der Waals surface area contributed by atoms with Crippen molar-refractivity contribution in [3.8, 4) is 0 Å². The van der Waals surface area contributed by atoms with E-state index >= 15 is 0 Å². The highest BCUT2D eigenvalue weighted by Gasteiger charge is 2.10. The minimum atomic E-state index is -4.15. The zero-order valence-corrected chi connectivity index (χ0v) is 21.9. The van der Waals surface area contributed by atoms with Gasteiger partial charge in [0.05, 0.1) is 20.7 Å². The van der Waals surface area contributed by atoms with Crippen molar-refractivity contribution in [1.82, 2.24) is 0 Å². The lowest BCUT2D eigenvalue weighted by Gasteiger charge is -2.22. The number of rotatable bonds is 16. The van der Waals surface area contributed by atoms with E-state index in [4.69, 9.17) is 9.05 Å². The van der Waals surface area contributed by atoms with E-state index in [-0.39, 0.29) is 13.2 Å². The van der Waals surface area contributed by atoms with Gasteiger partial charge in [-0.3, -0.25) is 4.57 Å². The van der Waals surface area contributed by atoms with Crippen molar-refractivity contribution >= 4 is 7.82 Å². The topological polar surface area (TPSA) is 63.0 Å². The highest BCUT2D eigenvalue weighted by atomic mass is 31.2. The van der Waals surface area contributed by atoms with Crippen molar-refractivity contribution in [1.29, 1.82) is 0 Å². The van der Waals surface area contributed by atoms with Gasteiger partial charge in [0.15, 0.2) is 0 Å². The molecule has 0 radical (unpaired) electrons. The monoisotopic (exact) mass is 457 g/mol. The summed E-state index contributed by atoms with van der Waals surface area (Å²) < 4.78 is 21.1. The summed E-state index contributed by atoms with van der Waals surface area (Å²) in [6.45, 7) is 9.61. The number of nitrogens with one attached hydrogen (secondary N) is 1. The van der Waals surface area contributed by atoms with E-state index in [1.807, 2.05) is 14.1 Å². The smallest absolute Gasteiger partial charge is 0.268 e. The molecule has 0 aliphatic rings. The summed E-state index contributed by atoms with van der Waals surface area (Å²) in [5, 5.41) is 0. The van der Waals surface area contributed by atoms with Crippen LogP contribution < -0.4 is 9.79 Å². The quantitative estimate of drug-likeness (QED) is 0.279. The molecule has 0 aliphatic heterocycles. The molecular formula is C25H48NO4P. The number of hydrogen-bond donors (Lipinski definition) is 1. The molecule has 182 valence electrons. The minimum Gasteiger partial charge on any atom is -0.756 e. The number of quaternary nitrogens is 1. The molecule has 0 spiro atoms. The number of benzene rings is 1. The van der Waals surface area contributed by atoms with Gasteiger partial charge in [-0.1, -0.05) is 83.4 Å². The molecule has 1 atom stereocenters. The zero-order chi connectivity index (χ0) is 23.5. The maximum Gasteiger partial charge on any atom is 0.268 e. The number of unbranched alkanes of at least 4 members (excludes halogenated alkanes) is 7. The first kappa shape index (κ1) is 30.3. The summed E-state index contributed by atoms with van der Waals surface area (Å²) in [6.07, 6.45) is 12.9. The Kier molecular flexibility index (Phi) is 18.4. The maximum atomic E-state index is 11.5. The molecule has 31 heavy (non-hydrogen) atoms. The zero-order valence-electron chi connectivity index (χ0n) is 21.0. The molecule has 1 unspecified atom stereocenters. The van der Waals surface area contributed by atoms with Gasteiger partial charge in [-0.25, -0.2) is 0 Å². The molecular weight excluding hydrogens is 409 g/mol. The summed E-state index contributed by atoms with van der Waals surface area (Å²) in [6, 6.07) is 6.27. The lowest BCUT2D eigenvalue weighted by molar-refractivity contribution is -0.858. The number of aryl methyl sites for hydroxylation is 3. The fraction of sp³-hybridized carbons (Fsp3) is 0.760. The van der Waals surface area contributed by atoms with Crippen LogP contribution in [0.15, 0.2) is 18.2 Å². The molecule has 1 aromatic carbocycles. The second-order valence-electron chi connectivity index (χ2n) is 8.71. The van der Waals surface area contributed by atoms with Gasteiger partial charge < -0.3 is 18.8 Å². The predicted octanol–water partition coefficient (Wildman–Crippen LogP) is 5.03. The number of hydrogen-bond acceptors (Lipinski definition) is 4. The fourth-order valence-electron chi connectivity index (χ4n) is 3.02. The van der Waals surface area contributed by atoms with Crippen molar-refractivity contribution in [2.24, 2.45) is 0 Å². The molecule has 5 nitrogen and oxygen atoms in total. The minimum absolute atomic E-state index is 0.153. The average Bonchev–Trinajstić information content (AvgIpc) is 2.71. The standard InChI is InChI=1S/C15H26NO4P.C10H22/c1-13-7-8-15(12-14(13)2)6-5-10-19-21(17,18)20-11-9-16(3)4;1-3-5-7-9-10-8-6-4-2/h7-8,12H,5-6,9-11H2,1-4H3,(H,17,18);3-10H2,1-2H3.